The van der Waals surface area contributed by atoms with Gasteiger partial charge in [0.25, 0.3) is 0 Å². The molecular formula is C6H16NO3PS. The van der Waals surface area contributed by atoms with Crippen LogP contribution in [0.3, 0.4) is 0 Å². The summed E-state index contributed by atoms with van der Waals surface area (Å²) in [6.07, 6.45) is 0. The summed E-state index contributed by atoms with van der Waals surface area (Å²) in [5.41, 5.74) is 0. The average Bonchev–Trinajstić information content (AvgIpc) is 1.85. The highest BCUT2D eigenvalue weighted by Crippen LogP contribution is 2.49. The van der Waals surface area contributed by atoms with Crippen LogP contribution in [0.25, 0.3) is 0 Å². The fraction of sp³-hybridized carbons (Fsp3) is 1.00. The second kappa shape index (κ2) is 6.02. The summed E-state index contributed by atoms with van der Waals surface area (Å²) in [4.78, 5) is 0. The Labute approximate surface area is 79.0 Å². The van der Waals surface area contributed by atoms with Crippen molar-refractivity contribution in [2.24, 2.45) is 0 Å². The highest BCUT2D eigenvalue weighted by molar-refractivity contribution is 8.07. The van der Waals surface area contributed by atoms with Gasteiger partial charge in [0.15, 0.2) is 0 Å². The van der Waals surface area contributed by atoms with Gasteiger partial charge in [-0.3, -0.25) is 0 Å². The van der Waals surface area contributed by atoms with Gasteiger partial charge in [-0.25, -0.2) is 4.62 Å². The summed E-state index contributed by atoms with van der Waals surface area (Å²) in [6.45, 7) is 2.21. The molecule has 12 heavy (non-hydrogen) atoms. The number of hydrogen-bond donors (Lipinski definition) is 0. The van der Waals surface area contributed by atoms with E-state index in [1.807, 2.05) is 13.8 Å². The molecule has 0 N–H and O–H groups in total. The topological polar surface area (TPSA) is 30.9 Å². The first kappa shape index (κ1) is 12.5. The van der Waals surface area contributed by atoms with Gasteiger partial charge in [-0.05, 0) is 25.7 Å². The largest absolute Gasteiger partial charge is 0.344 e. The van der Waals surface area contributed by atoms with E-state index in [1.165, 1.54) is 5.06 Å². The van der Waals surface area contributed by atoms with Crippen molar-refractivity contribution in [3.05, 3.63) is 0 Å². The third-order valence-corrected chi connectivity index (χ3v) is 3.35. The van der Waals surface area contributed by atoms with E-state index >= 15 is 0 Å². The van der Waals surface area contributed by atoms with Gasteiger partial charge in [0.1, 0.15) is 0 Å². The third-order valence-electron chi connectivity index (χ3n) is 0.838. The van der Waals surface area contributed by atoms with Gasteiger partial charge < -0.3 is 9.05 Å². The van der Waals surface area contributed by atoms with Crippen LogP contribution < -0.4 is 0 Å². The lowest BCUT2D eigenvalue weighted by Gasteiger charge is -2.22. The molecule has 0 saturated heterocycles. The molecule has 0 aliphatic carbocycles. The van der Waals surface area contributed by atoms with Gasteiger partial charge in [-0.2, -0.15) is 5.06 Å². The van der Waals surface area contributed by atoms with E-state index in [1.54, 1.807) is 14.1 Å². The molecule has 0 heterocycles. The molecule has 0 aromatic heterocycles. The lowest BCUT2D eigenvalue weighted by molar-refractivity contribution is -0.0304. The van der Waals surface area contributed by atoms with Crippen molar-refractivity contribution in [2.75, 3.05) is 27.3 Å². The number of nitrogens with zero attached hydrogens (tertiary/aromatic N) is 1. The summed E-state index contributed by atoms with van der Waals surface area (Å²) >= 11 is 5.08. The molecule has 0 unspecified atom stereocenters. The van der Waals surface area contributed by atoms with Crippen LogP contribution in [-0.2, 0) is 25.5 Å². The van der Waals surface area contributed by atoms with E-state index in [0.717, 1.165) is 0 Å². The lowest BCUT2D eigenvalue weighted by atomic mass is 10.9. The molecule has 0 aliphatic rings. The maximum atomic E-state index is 5.23. The van der Waals surface area contributed by atoms with Crippen molar-refractivity contribution in [1.82, 2.24) is 5.06 Å². The summed E-state index contributed by atoms with van der Waals surface area (Å²) in [5, 5.41) is 1.51. The van der Waals surface area contributed by atoms with Crippen LogP contribution in [0.1, 0.15) is 13.8 Å². The van der Waals surface area contributed by atoms with Gasteiger partial charge in [0, 0.05) is 14.1 Å². The summed E-state index contributed by atoms with van der Waals surface area (Å²) < 4.78 is 15.7. The molecule has 74 valence electrons. The molecule has 0 fully saturated rings. The zero-order chi connectivity index (χ0) is 9.61. The SMILES string of the molecule is CCOP(=S)(OCC)ON(C)C. The minimum Gasteiger partial charge on any atom is -0.308 e. The minimum atomic E-state index is -2.52. The second-order valence-corrected chi connectivity index (χ2v) is 5.09. The first-order valence-electron chi connectivity index (χ1n) is 3.80. The molecular weight excluding hydrogens is 197 g/mol. The van der Waals surface area contributed by atoms with Crippen molar-refractivity contribution in [3.63, 3.8) is 0 Å². The standard InChI is InChI=1S/C6H16NO3PS/c1-5-8-11(12,9-6-2)10-7(3)4/h5-6H2,1-4H3. The van der Waals surface area contributed by atoms with E-state index in [0.29, 0.717) is 13.2 Å². The maximum absolute atomic E-state index is 5.23. The molecule has 0 radical (unpaired) electrons. The van der Waals surface area contributed by atoms with Crippen LogP contribution in [0, 0.1) is 0 Å². The second-order valence-electron chi connectivity index (χ2n) is 2.18. The lowest BCUT2D eigenvalue weighted by Crippen LogP contribution is -2.13. The minimum absolute atomic E-state index is 0.505. The number of hydrogen-bond acceptors (Lipinski definition) is 5. The Balaban J connectivity index is 4.08. The van der Waals surface area contributed by atoms with Crippen LogP contribution in [0.15, 0.2) is 0 Å². The van der Waals surface area contributed by atoms with Gasteiger partial charge in [-0.1, -0.05) is 0 Å². The van der Waals surface area contributed by atoms with Crippen molar-refractivity contribution in [1.29, 1.82) is 0 Å². The normalized spacial score (nSPS) is 12.4. The predicted octanol–water partition coefficient (Wildman–Crippen LogP) is 1.78. The van der Waals surface area contributed by atoms with Crippen molar-refractivity contribution >= 4 is 18.5 Å². The van der Waals surface area contributed by atoms with E-state index < -0.39 is 6.72 Å². The first-order valence-corrected chi connectivity index (χ1v) is 6.35. The molecule has 0 aromatic rings. The Bertz CT molecular complexity index is 155. The quantitative estimate of drug-likeness (QED) is 0.496. The zero-order valence-electron chi connectivity index (χ0n) is 7.94. The molecule has 0 amide bonds. The highest BCUT2D eigenvalue weighted by atomic mass is 32.5. The Morgan fingerprint density at radius 1 is 1.17 bits per heavy atom. The van der Waals surface area contributed by atoms with Crippen LogP contribution in [0.2, 0.25) is 0 Å². The van der Waals surface area contributed by atoms with Gasteiger partial charge in [0.2, 0.25) is 0 Å². The molecule has 0 saturated carbocycles. The molecule has 0 aliphatic heterocycles. The summed E-state index contributed by atoms with van der Waals surface area (Å²) in [6, 6.07) is 0. The fourth-order valence-corrected chi connectivity index (χ4v) is 2.83. The Hall–Kier alpha value is 0.490. The van der Waals surface area contributed by atoms with E-state index in [9.17, 15) is 0 Å². The molecule has 0 rings (SSSR count). The highest BCUT2D eigenvalue weighted by Gasteiger charge is 2.20. The maximum Gasteiger partial charge on any atom is 0.344 e. The summed E-state index contributed by atoms with van der Waals surface area (Å²) in [7, 11) is 3.50. The van der Waals surface area contributed by atoms with Gasteiger partial charge in [-0.15, -0.1) is 0 Å². The van der Waals surface area contributed by atoms with Crippen molar-refractivity contribution in [2.45, 2.75) is 13.8 Å². The Morgan fingerprint density at radius 2 is 1.58 bits per heavy atom. The van der Waals surface area contributed by atoms with Crippen molar-refractivity contribution < 1.29 is 13.7 Å². The van der Waals surface area contributed by atoms with E-state index in [4.69, 9.17) is 25.5 Å². The van der Waals surface area contributed by atoms with Crippen LogP contribution >= 0.6 is 6.72 Å². The molecule has 4 nitrogen and oxygen atoms in total. The molecule has 0 aromatic carbocycles. The predicted molar refractivity (Wildman–Crippen MR) is 52.3 cm³/mol. The Kier molecular flexibility index (Phi) is 6.27. The third kappa shape index (κ3) is 5.19. The average molecular weight is 213 g/mol. The molecule has 0 spiro atoms. The monoisotopic (exact) mass is 213 g/mol. The first-order chi connectivity index (χ1) is 5.54. The van der Waals surface area contributed by atoms with E-state index in [-0.39, 0.29) is 0 Å². The van der Waals surface area contributed by atoms with Crippen LogP contribution in [0.4, 0.5) is 0 Å². The van der Waals surface area contributed by atoms with Crippen LogP contribution in [-0.4, -0.2) is 32.4 Å². The molecule has 6 heteroatoms. The van der Waals surface area contributed by atoms with Crippen LogP contribution in [0.5, 0.6) is 0 Å². The van der Waals surface area contributed by atoms with Gasteiger partial charge >= 0.3 is 6.72 Å². The fourth-order valence-electron chi connectivity index (χ4n) is 0.601. The summed E-state index contributed by atoms with van der Waals surface area (Å²) in [5.74, 6) is 0. The van der Waals surface area contributed by atoms with E-state index in [2.05, 4.69) is 0 Å². The van der Waals surface area contributed by atoms with Crippen molar-refractivity contribution in [3.8, 4) is 0 Å². The zero-order valence-corrected chi connectivity index (χ0v) is 9.65. The number of rotatable bonds is 6. The van der Waals surface area contributed by atoms with Gasteiger partial charge in [0.05, 0.1) is 13.2 Å². The smallest absolute Gasteiger partial charge is 0.308 e. The number of hydroxylamine groups is 2. The molecule has 0 atom stereocenters. The Morgan fingerprint density at radius 3 is 1.83 bits per heavy atom. The molecule has 0 bridgehead atoms.